The average Bonchev–Trinajstić information content (AvgIpc) is 2.87. The molecule has 20 heavy (non-hydrogen) atoms. The predicted octanol–water partition coefficient (Wildman–Crippen LogP) is 2.43. The topological polar surface area (TPSA) is 83.8 Å². The molecule has 100 valence electrons. The van der Waals surface area contributed by atoms with Gasteiger partial charge in [-0.1, -0.05) is 23.4 Å². The summed E-state index contributed by atoms with van der Waals surface area (Å²) in [7, 11) is 0. The fourth-order valence-electron chi connectivity index (χ4n) is 2.26. The monoisotopic (exact) mass is 267 g/mol. The molecule has 0 amide bonds. The first kappa shape index (κ1) is 12.1. The van der Waals surface area contributed by atoms with E-state index in [2.05, 4.69) is 5.16 Å². The van der Waals surface area contributed by atoms with E-state index in [1.165, 1.54) is 0 Å². The van der Waals surface area contributed by atoms with E-state index in [1.54, 1.807) is 24.3 Å². The van der Waals surface area contributed by atoms with Gasteiger partial charge >= 0.3 is 0 Å². The number of hydrogen-bond donors (Lipinski definition) is 3. The second-order valence-electron chi connectivity index (χ2n) is 4.43. The van der Waals surface area contributed by atoms with Crippen LogP contribution in [0.5, 0.6) is 5.75 Å². The summed E-state index contributed by atoms with van der Waals surface area (Å²) in [6.07, 6.45) is 1.81. The number of aromatic nitrogens is 1. The Hall–Kier alpha value is -2.95. The first-order valence-corrected chi connectivity index (χ1v) is 6.08. The molecule has 0 spiro atoms. The third kappa shape index (κ3) is 1.85. The number of hydrogen-bond acceptors (Lipinski definition) is 3. The summed E-state index contributed by atoms with van der Waals surface area (Å²) < 4.78 is 1.93. The molecule has 5 heteroatoms. The maximum atomic E-state index is 9.37. The highest BCUT2D eigenvalue weighted by molar-refractivity contribution is 6.09. The maximum Gasteiger partial charge on any atom is 0.172 e. The van der Waals surface area contributed by atoms with Crippen molar-refractivity contribution in [2.24, 2.45) is 10.9 Å². The van der Waals surface area contributed by atoms with Crippen LogP contribution in [0.3, 0.4) is 0 Å². The molecule has 0 saturated heterocycles. The lowest BCUT2D eigenvalue weighted by molar-refractivity contribution is 0.318. The molecule has 0 saturated carbocycles. The molecule has 3 aromatic rings. The van der Waals surface area contributed by atoms with E-state index in [-0.39, 0.29) is 11.6 Å². The SMILES string of the molecule is NC(=NO)c1cn(-c2ccc(O)cc2)c2ccccc12. The van der Waals surface area contributed by atoms with Crippen LogP contribution >= 0.6 is 0 Å². The normalized spacial score (nSPS) is 11.9. The second kappa shape index (κ2) is 4.62. The van der Waals surface area contributed by atoms with Gasteiger partial charge in [0, 0.05) is 22.8 Å². The quantitative estimate of drug-likeness (QED) is 0.288. The molecule has 0 bridgehead atoms. The van der Waals surface area contributed by atoms with Crippen LogP contribution < -0.4 is 5.73 Å². The van der Waals surface area contributed by atoms with Crippen LogP contribution in [0.1, 0.15) is 5.56 Å². The summed E-state index contributed by atoms with van der Waals surface area (Å²) in [4.78, 5) is 0. The second-order valence-corrected chi connectivity index (χ2v) is 4.43. The Morgan fingerprint density at radius 1 is 1.05 bits per heavy atom. The third-order valence-corrected chi connectivity index (χ3v) is 3.22. The number of oxime groups is 1. The number of fused-ring (bicyclic) bond motifs is 1. The molecule has 4 N–H and O–H groups in total. The zero-order chi connectivity index (χ0) is 14.1. The molecule has 1 heterocycles. The van der Waals surface area contributed by atoms with Crippen molar-refractivity contribution < 1.29 is 10.3 Å². The number of amidine groups is 1. The molecule has 0 unspecified atom stereocenters. The van der Waals surface area contributed by atoms with E-state index in [0.717, 1.165) is 16.6 Å². The molecule has 3 rings (SSSR count). The van der Waals surface area contributed by atoms with Crippen LogP contribution in [0.4, 0.5) is 0 Å². The Morgan fingerprint density at radius 3 is 2.45 bits per heavy atom. The molecule has 5 nitrogen and oxygen atoms in total. The van der Waals surface area contributed by atoms with E-state index in [4.69, 9.17) is 10.9 Å². The fraction of sp³-hybridized carbons (Fsp3) is 0. The Bertz CT molecular complexity index is 788. The molecule has 1 aromatic heterocycles. The smallest absolute Gasteiger partial charge is 0.172 e. The standard InChI is InChI=1S/C15H13N3O2/c16-15(17-20)13-9-18(10-5-7-11(19)8-6-10)14-4-2-1-3-12(13)14/h1-9,19-20H,(H2,16,17). The Labute approximate surface area is 115 Å². The van der Waals surface area contributed by atoms with Crippen LogP contribution in [-0.4, -0.2) is 20.7 Å². The lowest BCUT2D eigenvalue weighted by Gasteiger charge is -2.05. The van der Waals surface area contributed by atoms with Gasteiger partial charge in [0.25, 0.3) is 0 Å². The fourth-order valence-corrected chi connectivity index (χ4v) is 2.26. The number of para-hydroxylation sites is 1. The average molecular weight is 267 g/mol. The molecule has 0 atom stereocenters. The summed E-state index contributed by atoms with van der Waals surface area (Å²) >= 11 is 0. The van der Waals surface area contributed by atoms with Crippen molar-refractivity contribution in [2.45, 2.75) is 0 Å². The largest absolute Gasteiger partial charge is 0.508 e. The molecular weight excluding hydrogens is 254 g/mol. The molecular formula is C15H13N3O2. The van der Waals surface area contributed by atoms with Crippen LogP contribution in [0, 0.1) is 0 Å². The van der Waals surface area contributed by atoms with Gasteiger partial charge in [0.2, 0.25) is 0 Å². The van der Waals surface area contributed by atoms with Crippen LogP contribution in [0.25, 0.3) is 16.6 Å². The van der Waals surface area contributed by atoms with Crippen LogP contribution in [0.15, 0.2) is 59.9 Å². The van der Waals surface area contributed by atoms with E-state index < -0.39 is 0 Å². The van der Waals surface area contributed by atoms with E-state index in [1.807, 2.05) is 35.0 Å². The Morgan fingerprint density at radius 2 is 1.75 bits per heavy atom. The summed E-state index contributed by atoms with van der Waals surface area (Å²) in [5.41, 5.74) is 8.22. The number of nitrogens with two attached hydrogens (primary N) is 1. The molecule has 0 fully saturated rings. The van der Waals surface area contributed by atoms with Crippen molar-refractivity contribution >= 4 is 16.7 Å². The van der Waals surface area contributed by atoms with Crippen molar-refractivity contribution in [2.75, 3.05) is 0 Å². The van der Waals surface area contributed by atoms with Gasteiger partial charge < -0.3 is 20.6 Å². The third-order valence-electron chi connectivity index (χ3n) is 3.22. The highest BCUT2D eigenvalue weighted by atomic mass is 16.4. The van der Waals surface area contributed by atoms with Crippen LogP contribution in [-0.2, 0) is 0 Å². The van der Waals surface area contributed by atoms with Crippen molar-refractivity contribution in [1.82, 2.24) is 4.57 Å². The minimum atomic E-state index is 0.0683. The highest BCUT2D eigenvalue weighted by Crippen LogP contribution is 2.25. The first-order valence-electron chi connectivity index (χ1n) is 6.08. The minimum Gasteiger partial charge on any atom is -0.508 e. The van der Waals surface area contributed by atoms with E-state index >= 15 is 0 Å². The number of nitrogens with zero attached hydrogens (tertiary/aromatic N) is 2. The number of phenolic OH excluding ortho intramolecular Hbond substituents is 1. The van der Waals surface area contributed by atoms with Gasteiger partial charge in [-0.2, -0.15) is 0 Å². The van der Waals surface area contributed by atoms with Gasteiger partial charge in [-0.3, -0.25) is 0 Å². The van der Waals surface area contributed by atoms with Gasteiger partial charge in [-0.15, -0.1) is 0 Å². The molecule has 0 radical (unpaired) electrons. The summed E-state index contributed by atoms with van der Waals surface area (Å²) in [6.45, 7) is 0. The van der Waals surface area contributed by atoms with Gasteiger partial charge in [-0.05, 0) is 30.3 Å². The van der Waals surface area contributed by atoms with Gasteiger partial charge in [-0.25, -0.2) is 0 Å². The Balaban J connectivity index is 2.29. The molecule has 0 aliphatic carbocycles. The lowest BCUT2D eigenvalue weighted by atomic mass is 10.1. The predicted molar refractivity (Wildman–Crippen MR) is 77.5 cm³/mol. The highest BCUT2D eigenvalue weighted by Gasteiger charge is 2.12. The summed E-state index contributed by atoms with van der Waals surface area (Å²) in [5, 5.41) is 22.2. The number of benzene rings is 2. The van der Waals surface area contributed by atoms with Crippen molar-refractivity contribution in [3.63, 3.8) is 0 Å². The van der Waals surface area contributed by atoms with Crippen LogP contribution in [0.2, 0.25) is 0 Å². The first-order chi connectivity index (χ1) is 9.70. The number of phenols is 1. The van der Waals surface area contributed by atoms with Crippen molar-refractivity contribution in [1.29, 1.82) is 0 Å². The van der Waals surface area contributed by atoms with Gasteiger partial charge in [0.05, 0.1) is 5.52 Å². The van der Waals surface area contributed by atoms with Crippen molar-refractivity contribution in [3.05, 3.63) is 60.3 Å². The van der Waals surface area contributed by atoms with E-state index in [9.17, 15) is 5.11 Å². The zero-order valence-corrected chi connectivity index (χ0v) is 10.6. The summed E-state index contributed by atoms with van der Waals surface area (Å²) in [5.74, 6) is 0.278. The molecule has 0 aliphatic heterocycles. The van der Waals surface area contributed by atoms with Crippen molar-refractivity contribution in [3.8, 4) is 11.4 Å². The zero-order valence-electron chi connectivity index (χ0n) is 10.6. The lowest BCUT2D eigenvalue weighted by Crippen LogP contribution is -2.12. The number of aromatic hydroxyl groups is 1. The van der Waals surface area contributed by atoms with Gasteiger partial charge in [0.1, 0.15) is 5.75 Å². The summed E-state index contributed by atoms with van der Waals surface area (Å²) in [6, 6.07) is 14.5. The van der Waals surface area contributed by atoms with Gasteiger partial charge in [0.15, 0.2) is 5.84 Å². The molecule has 0 aliphatic rings. The van der Waals surface area contributed by atoms with E-state index in [0.29, 0.717) is 5.56 Å². The molecule has 2 aromatic carbocycles. The maximum absolute atomic E-state index is 9.37. The Kier molecular flexibility index (Phi) is 2.80. The minimum absolute atomic E-state index is 0.0683. The number of rotatable bonds is 2.